The number of Topliss-reactive ketones (excluding diaryl/α,β-unsaturated/α-hetero) is 1. The van der Waals surface area contributed by atoms with Crippen LogP contribution in [0.4, 0.5) is 0 Å². The van der Waals surface area contributed by atoms with Crippen molar-refractivity contribution in [2.24, 2.45) is 0 Å². The first-order chi connectivity index (χ1) is 10.5. The van der Waals surface area contributed by atoms with Gasteiger partial charge in [-0.25, -0.2) is 4.79 Å². The molecule has 130 valence electrons. The van der Waals surface area contributed by atoms with Crippen LogP contribution in [0.1, 0.15) is 59.8 Å². The molecule has 23 heavy (non-hydrogen) atoms. The minimum absolute atomic E-state index is 0.0987. The molecule has 0 saturated carbocycles. The summed E-state index contributed by atoms with van der Waals surface area (Å²) >= 11 is 0. The van der Waals surface area contributed by atoms with E-state index in [0.29, 0.717) is 38.8 Å². The van der Waals surface area contributed by atoms with E-state index in [1.54, 1.807) is 0 Å². The second-order valence-corrected chi connectivity index (χ2v) is 8.00. The maximum atomic E-state index is 12.5. The van der Waals surface area contributed by atoms with Crippen LogP contribution >= 0.6 is 0 Å². The molecule has 1 atom stereocenters. The lowest BCUT2D eigenvalue weighted by molar-refractivity contribution is -0.149. The van der Waals surface area contributed by atoms with Crippen molar-refractivity contribution in [1.29, 1.82) is 0 Å². The molecule has 1 unspecified atom stereocenters. The SMILES string of the molecule is CC1(C)CC(=O)CC(C)(C)N1CCC(=O)N1CCCC1C(=O)O. The minimum atomic E-state index is -0.917. The number of ketones is 1. The summed E-state index contributed by atoms with van der Waals surface area (Å²) in [5.74, 6) is -0.758. The van der Waals surface area contributed by atoms with Crippen LogP contribution in [0.3, 0.4) is 0 Å². The lowest BCUT2D eigenvalue weighted by atomic mass is 9.79. The second kappa shape index (κ2) is 6.23. The van der Waals surface area contributed by atoms with Crippen LogP contribution in [0.25, 0.3) is 0 Å². The lowest BCUT2D eigenvalue weighted by Gasteiger charge is -2.52. The predicted molar refractivity (Wildman–Crippen MR) is 86.1 cm³/mol. The lowest BCUT2D eigenvalue weighted by Crippen LogP contribution is -2.61. The zero-order valence-electron chi connectivity index (χ0n) is 14.6. The molecule has 1 N–H and O–H groups in total. The summed E-state index contributed by atoms with van der Waals surface area (Å²) in [5, 5.41) is 9.20. The third-order valence-corrected chi connectivity index (χ3v) is 5.13. The van der Waals surface area contributed by atoms with Crippen LogP contribution in [-0.4, -0.2) is 62.8 Å². The highest BCUT2D eigenvalue weighted by Crippen LogP contribution is 2.36. The number of carboxylic acid groups (broad SMARTS) is 1. The number of piperidine rings is 1. The van der Waals surface area contributed by atoms with Gasteiger partial charge in [0.1, 0.15) is 11.8 Å². The van der Waals surface area contributed by atoms with E-state index in [1.165, 1.54) is 4.90 Å². The van der Waals surface area contributed by atoms with Gasteiger partial charge in [-0.1, -0.05) is 0 Å². The van der Waals surface area contributed by atoms with E-state index in [4.69, 9.17) is 0 Å². The summed E-state index contributed by atoms with van der Waals surface area (Å²) in [6.45, 7) is 9.22. The number of aliphatic carboxylic acids is 1. The van der Waals surface area contributed by atoms with Crippen molar-refractivity contribution >= 4 is 17.7 Å². The van der Waals surface area contributed by atoms with Gasteiger partial charge < -0.3 is 10.0 Å². The van der Waals surface area contributed by atoms with Gasteiger partial charge in [0.25, 0.3) is 0 Å². The van der Waals surface area contributed by atoms with Gasteiger partial charge in [-0.3, -0.25) is 14.5 Å². The van der Waals surface area contributed by atoms with Crippen molar-refractivity contribution in [2.75, 3.05) is 13.1 Å². The van der Waals surface area contributed by atoms with Crippen LogP contribution in [0, 0.1) is 0 Å². The fourth-order valence-corrected chi connectivity index (χ4v) is 4.32. The molecule has 0 radical (unpaired) electrons. The maximum absolute atomic E-state index is 12.5. The average molecular weight is 324 g/mol. The van der Waals surface area contributed by atoms with Gasteiger partial charge in [0.15, 0.2) is 0 Å². The van der Waals surface area contributed by atoms with Crippen LogP contribution < -0.4 is 0 Å². The number of hydrogen-bond donors (Lipinski definition) is 1. The summed E-state index contributed by atoms with van der Waals surface area (Å²) in [4.78, 5) is 39.3. The summed E-state index contributed by atoms with van der Waals surface area (Å²) in [6, 6.07) is -0.675. The van der Waals surface area contributed by atoms with Gasteiger partial charge in [-0.15, -0.1) is 0 Å². The minimum Gasteiger partial charge on any atom is -0.480 e. The van der Waals surface area contributed by atoms with Crippen LogP contribution in [-0.2, 0) is 14.4 Å². The number of carbonyl (C=O) groups is 3. The zero-order chi connectivity index (χ0) is 17.4. The second-order valence-electron chi connectivity index (χ2n) is 8.00. The molecular formula is C17H28N2O4. The quantitative estimate of drug-likeness (QED) is 0.851. The highest BCUT2D eigenvalue weighted by Gasteiger charge is 2.45. The van der Waals surface area contributed by atoms with Crippen LogP contribution in [0.2, 0.25) is 0 Å². The Morgan fingerprint density at radius 2 is 1.74 bits per heavy atom. The van der Waals surface area contributed by atoms with E-state index in [9.17, 15) is 19.5 Å². The van der Waals surface area contributed by atoms with Crippen LogP contribution in [0.15, 0.2) is 0 Å². The molecule has 2 fully saturated rings. The highest BCUT2D eigenvalue weighted by atomic mass is 16.4. The Kier molecular flexibility index (Phi) is 4.85. The normalized spacial score (nSPS) is 27.2. The third kappa shape index (κ3) is 3.74. The fourth-order valence-electron chi connectivity index (χ4n) is 4.32. The maximum Gasteiger partial charge on any atom is 0.326 e. The number of rotatable bonds is 4. The first-order valence-electron chi connectivity index (χ1n) is 8.36. The molecule has 0 aromatic heterocycles. The molecule has 2 heterocycles. The molecular weight excluding hydrogens is 296 g/mol. The Morgan fingerprint density at radius 3 is 2.26 bits per heavy atom. The number of hydrogen-bond acceptors (Lipinski definition) is 4. The molecule has 0 spiro atoms. The molecule has 0 aliphatic carbocycles. The summed E-state index contributed by atoms with van der Waals surface area (Å²) < 4.78 is 0. The van der Waals surface area contributed by atoms with Crippen molar-refractivity contribution in [2.45, 2.75) is 76.9 Å². The number of amides is 1. The third-order valence-electron chi connectivity index (χ3n) is 5.13. The van der Waals surface area contributed by atoms with Crippen molar-refractivity contribution in [1.82, 2.24) is 9.80 Å². The fraction of sp³-hybridized carbons (Fsp3) is 0.824. The first-order valence-corrected chi connectivity index (χ1v) is 8.36. The summed E-state index contributed by atoms with van der Waals surface area (Å²) in [7, 11) is 0. The zero-order valence-corrected chi connectivity index (χ0v) is 14.6. The summed E-state index contributed by atoms with van der Waals surface area (Å²) in [5.41, 5.74) is -0.563. The Bertz CT molecular complexity index is 493. The van der Waals surface area contributed by atoms with Gasteiger partial charge >= 0.3 is 5.97 Å². The van der Waals surface area contributed by atoms with E-state index < -0.39 is 12.0 Å². The molecule has 0 bridgehead atoms. The van der Waals surface area contributed by atoms with Crippen molar-refractivity contribution in [3.8, 4) is 0 Å². The van der Waals surface area contributed by atoms with Gasteiger partial charge in [-0.05, 0) is 40.5 Å². The first kappa shape index (κ1) is 17.9. The van der Waals surface area contributed by atoms with Crippen LogP contribution in [0.5, 0.6) is 0 Å². The number of carboxylic acids is 1. The van der Waals surface area contributed by atoms with Crippen molar-refractivity contribution in [3.05, 3.63) is 0 Å². The Labute approximate surface area is 137 Å². The van der Waals surface area contributed by atoms with Crippen molar-refractivity contribution < 1.29 is 19.5 Å². The van der Waals surface area contributed by atoms with E-state index >= 15 is 0 Å². The molecule has 2 saturated heterocycles. The topological polar surface area (TPSA) is 77.9 Å². The smallest absolute Gasteiger partial charge is 0.326 e. The highest BCUT2D eigenvalue weighted by molar-refractivity contribution is 5.84. The molecule has 2 rings (SSSR count). The number of nitrogens with zero attached hydrogens (tertiary/aromatic N) is 2. The predicted octanol–water partition coefficient (Wildman–Crippen LogP) is 1.67. The summed E-state index contributed by atoms with van der Waals surface area (Å²) in [6.07, 6.45) is 2.57. The monoisotopic (exact) mass is 324 g/mol. The standard InChI is InChI=1S/C17H28N2O4/c1-16(2)10-12(20)11-17(3,4)19(16)9-7-14(21)18-8-5-6-13(18)15(22)23/h13H,5-11H2,1-4H3,(H,22,23). The molecule has 0 aromatic carbocycles. The van der Waals surface area contributed by atoms with E-state index in [-0.39, 0.29) is 22.8 Å². The van der Waals surface area contributed by atoms with Gasteiger partial charge in [-0.2, -0.15) is 0 Å². The van der Waals surface area contributed by atoms with Gasteiger partial charge in [0, 0.05) is 43.4 Å². The van der Waals surface area contributed by atoms with Crippen molar-refractivity contribution in [3.63, 3.8) is 0 Å². The molecule has 6 nitrogen and oxygen atoms in total. The van der Waals surface area contributed by atoms with E-state index in [1.807, 2.05) is 27.7 Å². The molecule has 0 aromatic rings. The number of likely N-dealkylation sites (tertiary alicyclic amines) is 2. The molecule has 2 aliphatic heterocycles. The average Bonchev–Trinajstić information content (AvgIpc) is 2.84. The molecule has 6 heteroatoms. The van der Waals surface area contributed by atoms with E-state index in [0.717, 1.165) is 6.42 Å². The van der Waals surface area contributed by atoms with Gasteiger partial charge in [0.05, 0.1) is 0 Å². The largest absolute Gasteiger partial charge is 0.480 e. The Morgan fingerprint density at radius 1 is 1.17 bits per heavy atom. The Hall–Kier alpha value is -1.43. The number of carbonyl (C=O) groups excluding carboxylic acids is 2. The van der Waals surface area contributed by atoms with Gasteiger partial charge in [0.2, 0.25) is 5.91 Å². The van der Waals surface area contributed by atoms with E-state index in [2.05, 4.69) is 4.90 Å². The molecule has 1 amide bonds. The Balaban J connectivity index is 2.02. The molecule has 2 aliphatic rings.